The van der Waals surface area contributed by atoms with E-state index in [1.807, 2.05) is 0 Å². The molecule has 0 saturated heterocycles. The van der Waals surface area contributed by atoms with E-state index in [9.17, 15) is 15.0 Å². The second-order valence-corrected chi connectivity index (χ2v) is 4.74. The number of hydrogen-bond donors (Lipinski definition) is 4. The zero-order chi connectivity index (χ0) is 13.1. The lowest BCUT2D eigenvalue weighted by Crippen LogP contribution is -2.36. The van der Waals surface area contributed by atoms with Gasteiger partial charge in [-0.1, -0.05) is 12.5 Å². The van der Waals surface area contributed by atoms with Crippen LogP contribution in [0.1, 0.15) is 29.6 Å². The van der Waals surface area contributed by atoms with Crippen LogP contribution in [-0.2, 0) is 0 Å². The topological polar surface area (TPSA) is 95.6 Å². The summed E-state index contributed by atoms with van der Waals surface area (Å²) in [5.41, 5.74) is 6.00. The molecule has 2 rings (SSSR count). The third-order valence-corrected chi connectivity index (χ3v) is 3.50. The Morgan fingerprint density at radius 2 is 2.17 bits per heavy atom. The fraction of sp³-hybridized carbons (Fsp3) is 0.462. The van der Waals surface area contributed by atoms with Gasteiger partial charge >= 0.3 is 0 Å². The van der Waals surface area contributed by atoms with Crippen LogP contribution in [0.5, 0.6) is 11.5 Å². The van der Waals surface area contributed by atoms with Crippen molar-refractivity contribution in [2.75, 3.05) is 6.54 Å². The van der Waals surface area contributed by atoms with Crippen molar-refractivity contribution >= 4 is 5.91 Å². The number of carbonyl (C=O) groups is 1. The quantitative estimate of drug-likeness (QED) is 0.601. The van der Waals surface area contributed by atoms with E-state index in [0.717, 1.165) is 19.3 Å². The first-order valence-corrected chi connectivity index (χ1v) is 6.14. The van der Waals surface area contributed by atoms with Gasteiger partial charge in [-0.3, -0.25) is 4.79 Å². The van der Waals surface area contributed by atoms with Gasteiger partial charge in [-0.15, -0.1) is 0 Å². The molecule has 1 aromatic carbocycles. The number of hydrogen-bond acceptors (Lipinski definition) is 4. The number of aromatic hydroxyl groups is 2. The van der Waals surface area contributed by atoms with Crippen LogP contribution < -0.4 is 11.1 Å². The lowest BCUT2D eigenvalue weighted by atomic mass is 10.0. The zero-order valence-electron chi connectivity index (χ0n) is 10.1. The van der Waals surface area contributed by atoms with Gasteiger partial charge in [0.05, 0.1) is 5.56 Å². The summed E-state index contributed by atoms with van der Waals surface area (Å²) in [7, 11) is 0. The van der Waals surface area contributed by atoms with Gasteiger partial charge in [-0.25, -0.2) is 0 Å². The fourth-order valence-electron chi connectivity index (χ4n) is 2.35. The van der Waals surface area contributed by atoms with Gasteiger partial charge < -0.3 is 21.3 Å². The molecule has 1 fully saturated rings. The summed E-state index contributed by atoms with van der Waals surface area (Å²) >= 11 is 0. The molecule has 98 valence electrons. The van der Waals surface area contributed by atoms with E-state index >= 15 is 0 Å². The molecule has 2 unspecified atom stereocenters. The summed E-state index contributed by atoms with van der Waals surface area (Å²) < 4.78 is 0. The smallest absolute Gasteiger partial charge is 0.255 e. The maximum atomic E-state index is 11.9. The minimum absolute atomic E-state index is 0.0848. The molecule has 1 aliphatic carbocycles. The molecule has 0 heterocycles. The van der Waals surface area contributed by atoms with Crippen LogP contribution in [0.25, 0.3) is 0 Å². The summed E-state index contributed by atoms with van der Waals surface area (Å²) in [6, 6.07) is 4.46. The Labute approximate surface area is 106 Å². The molecule has 18 heavy (non-hydrogen) atoms. The highest BCUT2D eigenvalue weighted by molar-refractivity contribution is 5.97. The normalized spacial score (nSPS) is 22.9. The van der Waals surface area contributed by atoms with Crippen LogP contribution in [0.15, 0.2) is 18.2 Å². The third-order valence-electron chi connectivity index (χ3n) is 3.50. The van der Waals surface area contributed by atoms with Crippen molar-refractivity contribution in [3.63, 3.8) is 0 Å². The number of phenols is 2. The number of carbonyl (C=O) groups excluding carboxylic acids is 1. The number of rotatable bonds is 3. The van der Waals surface area contributed by atoms with E-state index in [1.165, 1.54) is 18.2 Å². The number of nitrogens with two attached hydrogens (primary N) is 1. The van der Waals surface area contributed by atoms with Crippen LogP contribution in [0.4, 0.5) is 0 Å². The molecule has 0 bridgehead atoms. The molecule has 1 saturated carbocycles. The molecule has 0 spiro atoms. The zero-order valence-corrected chi connectivity index (χ0v) is 10.1. The number of amides is 1. The molecule has 0 radical (unpaired) electrons. The molecule has 5 N–H and O–H groups in total. The van der Waals surface area contributed by atoms with Gasteiger partial charge in [-0.05, 0) is 30.9 Å². The fourth-order valence-corrected chi connectivity index (χ4v) is 2.35. The van der Waals surface area contributed by atoms with Gasteiger partial charge in [0.25, 0.3) is 5.91 Å². The lowest BCUT2D eigenvalue weighted by molar-refractivity contribution is 0.0943. The average Bonchev–Trinajstić information content (AvgIpc) is 2.75. The highest BCUT2D eigenvalue weighted by Crippen LogP contribution is 2.28. The Bertz CT molecular complexity index is 448. The highest BCUT2D eigenvalue weighted by Gasteiger charge is 2.24. The second-order valence-electron chi connectivity index (χ2n) is 4.74. The molecule has 5 heteroatoms. The molecule has 1 aliphatic rings. The van der Waals surface area contributed by atoms with Gasteiger partial charge in [-0.2, -0.15) is 0 Å². The van der Waals surface area contributed by atoms with E-state index < -0.39 is 0 Å². The van der Waals surface area contributed by atoms with E-state index in [-0.39, 0.29) is 29.0 Å². The largest absolute Gasteiger partial charge is 0.504 e. The standard InChI is InChI=1S/C13H18N2O3/c14-10-5-1-3-8(10)7-15-13(18)9-4-2-6-11(16)12(9)17/h2,4,6,8,10,16-17H,1,3,5,7,14H2,(H,15,18). The maximum absolute atomic E-state index is 11.9. The van der Waals surface area contributed by atoms with Gasteiger partial charge in [0.1, 0.15) is 0 Å². The first-order chi connectivity index (χ1) is 8.59. The molecular weight excluding hydrogens is 232 g/mol. The molecule has 0 aliphatic heterocycles. The van der Waals surface area contributed by atoms with Crippen molar-refractivity contribution in [1.29, 1.82) is 0 Å². The van der Waals surface area contributed by atoms with Gasteiger partial charge in [0, 0.05) is 12.6 Å². The lowest BCUT2D eigenvalue weighted by Gasteiger charge is -2.16. The van der Waals surface area contributed by atoms with Crippen molar-refractivity contribution in [3.05, 3.63) is 23.8 Å². The molecular formula is C13H18N2O3. The number of para-hydroxylation sites is 1. The summed E-state index contributed by atoms with van der Waals surface area (Å²) in [6.07, 6.45) is 3.12. The van der Waals surface area contributed by atoms with E-state index in [0.29, 0.717) is 12.5 Å². The van der Waals surface area contributed by atoms with Crippen LogP contribution in [-0.4, -0.2) is 28.7 Å². The first kappa shape index (κ1) is 12.7. The molecule has 0 aromatic heterocycles. The summed E-state index contributed by atoms with van der Waals surface area (Å²) in [5, 5.41) is 21.6. The van der Waals surface area contributed by atoms with Crippen LogP contribution in [0, 0.1) is 5.92 Å². The minimum atomic E-state index is -0.387. The first-order valence-electron chi connectivity index (χ1n) is 6.14. The summed E-state index contributed by atoms with van der Waals surface area (Å²) in [6.45, 7) is 0.509. The van der Waals surface area contributed by atoms with E-state index in [2.05, 4.69) is 5.32 Å². The monoisotopic (exact) mass is 250 g/mol. The predicted octanol–water partition coefficient (Wildman–Crippen LogP) is 0.955. The van der Waals surface area contributed by atoms with Crippen LogP contribution in [0.2, 0.25) is 0 Å². The molecule has 1 amide bonds. The number of benzene rings is 1. The Balaban J connectivity index is 1.97. The minimum Gasteiger partial charge on any atom is -0.504 e. The van der Waals surface area contributed by atoms with E-state index in [1.54, 1.807) is 0 Å². The van der Waals surface area contributed by atoms with E-state index in [4.69, 9.17) is 5.73 Å². The Morgan fingerprint density at radius 1 is 1.39 bits per heavy atom. The van der Waals surface area contributed by atoms with Crippen molar-refractivity contribution in [2.24, 2.45) is 11.7 Å². The average molecular weight is 250 g/mol. The molecule has 2 atom stereocenters. The van der Waals surface area contributed by atoms with Crippen molar-refractivity contribution < 1.29 is 15.0 Å². The summed E-state index contributed by atoms with van der Waals surface area (Å²) in [5.74, 6) is -0.762. The van der Waals surface area contributed by atoms with Crippen LogP contribution >= 0.6 is 0 Å². The van der Waals surface area contributed by atoms with Gasteiger partial charge in [0.15, 0.2) is 11.5 Å². The Hall–Kier alpha value is -1.75. The number of nitrogens with one attached hydrogen (secondary N) is 1. The van der Waals surface area contributed by atoms with Crippen molar-refractivity contribution in [2.45, 2.75) is 25.3 Å². The second kappa shape index (κ2) is 5.27. The Morgan fingerprint density at radius 3 is 2.83 bits per heavy atom. The SMILES string of the molecule is NC1CCCC1CNC(=O)c1cccc(O)c1O. The highest BCUT2D eigenvalue weighted by atomic mass is 16.3. The maximum Gasteiger partial charge on any atom is 0.255 e. The number of phenolic OH excluding ortho intramolecular Hbond substituents is 2. The van der Waals surface area contributed by atoms with Crippen molar-refractivity contribution in [1.82, 2.24) is 5.32 Å². The van der Waals surface area contributed by atoms with Gasteiger partial charge in [0.2, 0.25) is 0 Å². The molecule has 1 aromatic rings. The third kappa shape index (κ3) is 2.56. The summed E-state index contributed by atoms with van der Waals surface area (Å²) in [4.78, 5) is 11.9. The predicted molar refractivity (Wildman–Crippen MR) is 67.4 cm³/mol. The Kier molecular flexibility index (Phi) is 3.72. The molecule has 5 nitrogen and oxygen atoms in total. The van der Waals surface area contributed by atoms with Crippen LogP contribution in [0.3, 0.4) is 0 Å². The van der Waals surface area contributed by atoms with Crippen molar-refractivity contribution in [3.8, 4) is 11.5 Å².